The number of sulfonamides is 1. The number of carboxylic acid groups (broad SMARTS) is 1. The van der Waals surface area contributed by atoms with E-state index >= 15 is 0 Å². The smallest absolute Gasteiger partial charge is 0.320 e. The monoisotopic (exact) mass is 300 g/mol. The van der Waals surface area contributed by atoms with E-state index in [4.69, 9.17) is 10.8 Å². The minimum atomic E-state index is -3.87. The molecule has 1 amide bonds. The highest BCUT2D eigenvalue weighted by molar-refractivity contribution is 7.90. The Morgan fingerprint density at radius 3 is 2.40 bits per heavy atom. The van der Waals surface area contributed by atoms with Gasteiger partial charge in [0.1, 0.15) is 6.04 Å². The normalized spacial score (nSPS) is 12.7. The zero-order valence-electron chi connectivity index (χ0n) is 10.7. The second-order valence-electron chi connectivity index (χ2n) is 4.18. The van der Waals surface area contributed by atoms with Gasteiger partial charge in [0, 0.05) is 6.42 Å². The topological polar surface area (TPSA) is 127 Å². The molecule has 0 aliphatic rings. The maximum atomic E-state index is 11.8. The summed E-state index contributed by atoms with van der Waals surface area (Å²) in [7, 11) is -3.87. The maximum absolute atomic E-state index is 11.8. The van der Waals surface area contributed by atoms with Crippen LogP contribution in [0.2, 0.25) is 0 Å². The molecule has 0 spiro atoms. The maximum Gasteiger partial charge on any atom is 0.320 e. The minimum absolute atomic E-state index is 0.00409. The number of amides is 1. The van der Waals surface area contributed by atoms with E-state index in [1.54, 1.807) is 18.2 Å². The van der Waals surface area contributed by atoms with Crippen LogP contribution in [-0.2, 0) is 19.6 Å². The fourth-order valence-corrected chi connectivity index (χ4v) is 2.50. The third kappa shape index (κ3) is 4.98. The molecule has 0 bridgehead atoms. The van der Waals surface area contributed by atoms with Crippen LogP contribution in [0.3, 0.4) is 0 Å². The Balaban J connectivity index is 2.49. The number of carbonyl (C=O) groups is 2. The van der Waals surface area contributed by atoms with Gasteiger partial charge in [-0.1, -0.05) is 18.2 Å². The summed E-state index contributed by atoms with van der Waals surface area (Å²) >= 11 is 0. The van der Waals surface area contributed by atoms with E-state index in [2.05, 4.69) is 0 Å². The van der Waals surface area contributed by atoms with E-state index in [1.807, 2.05) is 4.72 Å². The van der Waals surface area contributed by atoms with E-state index in [0.717, 1.165) is 0 Å². The molecule has 1 aromatic rings. The molecule has 4 N–H and O–H groups in total. The number of hydrogen-bond acceptors (Lipinski definition) is 5. The van der Waals surface area contributed by atoms with E-state index < -0.39 is 27.9 Å². The Hall–Kier alpha value is -1.93. The summed E-state index contributed by atoms with van der Waals surface area (Å²) in [5.74, 6) is -1.84. The van der Waals surface area contributed by atoms with Gasteiger partial charge >= 0.3 is 5.97 Å². The molecular formula is C12H16N2O5S. The van der Waals surface area contributed by atoms with Crippen molar-refractivity contribution in [1.82, 2.24) is 4.72 Å². The lowest BCUT2D eigenvalue weighted by atomic mass is 10.1. The minimum Gasteiger partial charge on any atom is -0.480 e. The predicted molar refractivity (Wildman–Crippen MR) is 71.2 cm³/mol. The average Bonchev–Trinajstić information content (AvgIpc) is 2.39. The first-order chi connectivity index (χ1) is 9.33. The predicted octanol–water partition coefficient (Wildman–Crippen LogP) is 0.0737. The van der Waals surface area contributed by atoms with Crippen molar-refractivity contribution in [3.63, 3.8) is 0 Å². The Kier molecular flexibility index (Phi) is 5.66. The molecule has 0 aromatic heterocycles. The molecule has 1 unspecified atom stereocenters. The van der Waals surface area contributed by atoms with Gasteiger partial charge in [-0.05, 0) is 25.0 Å². The molecule has 0 radical (unpaired) electrons. The van der Waals surface area contributed by atoms with Gasteiger partial charge in [0.05, 0.1) is 4.90 Å². The summed E-state index contributed by atoms with van der Waals surface area (Å²) in [4.78, 5) is 22.0. The standard InChI is InChI=1S/C12H16N2O5S/c13-10(12(16)17)7-4-8-11(15)14-20(18,19)9-5-2-1-3-6-9/h1-3,5-6,10H,4,7-8,13H2,(H,14,15)(H,16,17). The number of carbonyl (C=O) groups excluding carboxylic acids is 1. The zero-order valence-corrected chi connectivity index (χ0v) is 11.5. The van der Waals surface area contributed by atoms with Gasteiger partial charge in [-0.2, -0.15) is 0 Å². The highest BCUT2D eigenvalue weighted by atomic mass is 32.2. The molecule has 0 heterocycles. The molecule has 20 heavy (non-hydrogen) atoms. The number of rotatable bonds is 7. The van der Waals surface area contributed by atoms with Gasteiger partial charge in [0.15, 0.2) is 0 Å². The van der Waals surface area contributed by atoms with Crippen molar-refractivity contribution >= 4 is 21.9 Å². The Morgan fingerprint density at radius 2 is 1.85 bits per heavy atom. The number of nitrogens with one attached hydrogen (secondary N) is 1. The molecule has 7 nitrogen and oxygen atoms in total. The summed E-state index contributed by atoms with van der Waals surface area (Å²) in [5, 5.41) is 8.56. The molecule has 1 rings (SSSR count). The molecule has 8 heteroatoms. The highest BCUT2D eigenvalue weighted by Gasteiger charge is 2.17. The van der Waals surface area contributed by atoms with E-state index in [0.29, 0.717) is 0 Å². The summed E-state index contributed by atoms with van der Waals surface area (Å²) in [6.45, 7) is 0. The highest BCUT2D eigenvalue weighted by Crippen LogP contribution is 2.08. The van der Waals surface area contributed by atoms with Crippen LogP contribution >= 0.6 is 0 Å². The van der Waals surface area contributed by atoms with Crippen molar-refractivity contribution in [1.29, 1.82) is 0 Å². The van der Waals surface area contributed by atoms with Crippen LogP contribution in [-0.4, -0.2) is 31.4 Å². The molecule has 0 saturated carbocycles. The van der Waals surface area contributed by atoms with Crippen molar-refractivity contribution in [2.45, 2.75) is 30.2 Å². The van der Waals surface area contributed by atoms with Gasteiger partial charge in [-0.25, -0.2) is 13.1 Å². The molecule has 1 atom stereocenters. The third-order valence-electron chi connectivity index (χ3n) is 2.54. The molecule has 0 saturated heterocycles. The summed E-state index contributed by atoms with van der Waals surface area (Å²) in [6, 6.07) is 6.45. The Labute approximate surface area is 116 Å². The van der Waals surface area contributed by atoms with Crippen LogP contribution in [0.25, 0.3) is 0 Å². The van der Waals surface area contributed by atoms with E-state index in [1.165, 1.54) is 12.1 Å². The van der Waals surface area contributed by atoms with E-state index in [-0.39, 0.29) is 24.2 Å². The first kappa shape index (κ1) is 16.1. The molecule has 0 aliphatic heterocycles. The Morgan fingerprint density at radius 1 is 1.25 bits per heavy atom. The average molecular weight is 300 g/mol. The quantitative estimate of drug-likeness (QED) is 0.654. The van der Waals surface area contributed by atoms with Crippen LogP contribution in [0.15, 0.2) is 35.2 Å². The fourth-order valence-electron chi connectivity index (χ4n) is 1.47. The largest absolute Gasteiger partial charge is 0.480 e. The van der Waals surface area contributed by atoms with Gasteiger partial charge in [0.2, 0.25) is 5.91 Å². The number of nitrogens with two attached hydrogens (primary N) is 1. The van der Waals surface area contributed by atoms with Crippen molar-refractivity contribution in [3.05, 3.63) is 30.3 Å². The van der Waals surface area contributed by atoms with Gasteiger partial charge < -0.3 is 10.8 Å². The van der Waals surface area contributed by atoms with Crippen molar-refractivity contribution in [2.24, 2.45) is 5.73 Å². The van der Waals surface area contributed by atoms with Crippen molar-refractivity contribution in [2.75, 3.05) is 0 Å². The zero-order chi connectivity index (χ0) is 15.2. The number of aliphatic carboxylic acids is 1. The summed E-state index contributed by atoms with van der Waals surface area (Å²) in [6.07, 6.45) is 0.199. The van der Waals surface area contributed by atoms with E-state index in [9.17, 15) is 18.0 Å². The molecule has 0 aliphatic carbocycles. The van der Waals surface area contributed by atoms with Crippen LogP contribution < -0.4 is 10.5 Å². The Bertz CT molecular complexity index is 571. The van der Waals surface area contributed by atoms with Crippen molar-refractivity contribution in [3.8, 4) is 0 Å². The fraction of sp³-hybridized carbons (Fsp3) is 0.333. The first-order valence-electron chi connectivity index (χ1n) is 5.92. The lowest BCUT2D eigenvalue weighted by Crippen LogP contribution is -2.32. The second kappa shape index (κ2) is 7.01. The van der Waals surface area contributed by atoms with Crippen LogP contribution in [0.5, 0.6) is 0 Å². The van der Waals surface area contributed by atoms with Gasteiger partial charge in [-0.15, -0.1) is 0 Å². The number of benzene rings is 1. The SMILES string of the molecule is NC(CCCC(=O)NS(=O)(=O)c1ccccc1)C(=O)O. The molecule has 1 aromatic carbocycles. The first-order valence-corrected chi connectivity index (χ1v) is 7.40. The molecular weight excluding hydrogens is 284 g/mol. The summed E-state index contributed by atoms with van der Waals surface area (Å²) in [5.41, 5.74) is 5.27. The van der Waals surface area contributed by atoms with Crippen LogP contribution in [0, 0.1) is 0 Å². The lowest BCUT2D eigenvalue weighted by molar-refractivity contribution is -0.138. The van der Waals surface area contributed by atoms with Crippen LogP contribution in [0.1, 0.15) is 19.3 Å². The third-order valence-corrected chi connectivity index (χ3v) is 3.93. The van der Waals surface area contributed by atoms with Crippen LogP contribution in [0.4, 0.5) is 0 Å². The molecule has 0 fully saturated rings. The second-order valence-corrected chi connectivity index (χ2v) is 5.86. The number of hydrogen-bond donors (Lipinski definition) is 3. The molecule has 110 valence electrons. The summed E-state index contributed by atoms with van der Waals surface area (Å²) < 4.78 is 25.5. The number of carboxylic acids is 1. The van der Waals surface area contributed by atoms with Gasteiger partial charge in [0.25, 0.3) is 10.0 Å². The lowest BCUT2D eigenvalue weighted by Gasteiger charge is -2.08. The van der Waals surface area contributed by atoms with Crippen molar-refractivity contribution < 1.29 is 23.1 Å². The van der Waals surface area contributed by atoms with Gasteiger partial charge in [-0.3, -0.25) is 9.59 Å².